The van der Waals surface area contributed by atoms with Crippen molar-refractivity contribution in [2.75, 3.05) is 6.54 Å². The van der Waals surface area contributed by atoms with E-state index < -0.39 is 11.9 Å². The molecule has 4 nitrogen and oxygen atoms in total. The first-order valence-electron chi connectivity index (χ1n) is 4.00. The Morgan fingerprint density at radius 3 is 2.75 bits per heavy atom. The molecule has 0 aromatic rings. The first-order valence-corrected chi connectivity index (χ1v) is 4.00. The Labute approximate surface area is 70.3 Å². The van der Waals surface area contributed by atoms with Crippen molar-refractivity contribution in [1.29, 1.82) is 0 Å². The Morgan fingerprint density at radius 2 is 2.33 bits per heavy atom. The van der Waals surface area contributed by atoms with Crippen molar-refractivity contribution in [3.05, 3.63) is 0 Å². The summed E-state index contributed by atoms with van der Waals surface area (Å²) in [5.74, 6) is -0.798. The molecule has 0 aliphatic heterocycles. The average Bonchev–Trinajstić information content (AvgIpc) is 2.80. The maximum absolute atomic E-state index is 10.6. The summed E-state index contributed by atoms with van der Waals surface area (Å²) in [6, 6.07) is 0. The lowest BCUT2D eigenvalue weighted by atomic mass is 10.0. The van der Waals surface area contributed by atoms with Gasteiger partial charge in [0.05, 0.1) is 12.5 Å². The molecule has 4 heteroatoms. The van der Waals surface area contributed by atoms with E-state index >= 15 is 0 Å². The molecule has 0 aromatic carbocycles. The molecule has 0 bridgehead atoms. The molecule has 12 heavy (non-hydrogen) atoms. The first kappa shape index (κ1) is 8.94. The van der Waals surface area contributed by atoms with Crippen LogP contribution in [0.1, 0.15) is 19.3 Å². The molecular weight excluding hydrogens is 158 g/mol. The zero-order valence-corrected chi connectivity index (χ0v) is 6.69. The van der Waals surface area contributed by atoms with Crippen molar-refractivity contribution in [3.8, 4) is 0 Å². The third-order valence-electron chi connectivity index (χ3n) is 2.04. The number of rotatable bonds is 5. The van der Waals surface area contributed by atoms with E-state index in [9.17, 15) is 9.59 Å². The molecule has 0 heterocycles. The van der Waals surface area contributed by atoms with Gasteiger partial charge < -0.3 is 5.11 Å². The zero-order chi connectivity index (χ0) is 8.97. The second-order valence-electron chi connectivity index (χ2n) is 3.15. The molecule has 0 amide bonds. The number of aliphatic imine (C=N–C) groups is 1. The van der Waals surface area contributed by atoms with Gasteiger partial charge in [0.1, 0.15) is 0 Å². The Bertz CT molecular complexity index is 216. The van der Waals surface area contributed by atoms with Crippen LogP contribution in [0, 0.1) is 11.8 Å². The monoisotopic (exact) mass is 169 g/mol. The van der Waals surface area contributed by atoms with Gasteiger partial charge in [-0.05, 0) is 12.3 Å². The molecule has 1 aliphatic rings. The Balaban J connectivity index is 2.35. The van der Waals surface area contributed by atoms with Crippen LogP contribution in [0.25, 0.3) is 0 Å². The highest BCUT2D eigenvalue weighted by molar-refractivity contribution is 5.70. The molecule has 66 valence electrons. The van der Waals surface area contributed by atoms with E-state index in [-0.39, 0.29) is 6.54 Å². The molecule has 1 aliphatic carbocycles. The normalized spacial score (nSPS) is 18.0. The summed E-state index contributed by atoms with van der Waals surface area (Å²) in [6.45, 7) is 0.0787. The number of isocyanates is 1. The van der Waals surface area contributed by atoms with Crippen LogP contribution in [0.4, 0.5) is 0 Å². The van der Waals surface area contributed by atoms with Gasteiger partial charge in [0.25, 0.3) is 0 Å². The lowest BCUT2D eigenvalue weighted by Gasteiger charge is -2.06. The SMILES string of the molecule is O=C=NCC(CC1CC1)C(=O)O. The van der Waals surface area contributed by atoms with Crippen molar-refractivity contribution in [2.24, 2.45) is 16.8 Å². The van der Waals surface area contributed by atoms with Crippen LogP contribution in [0.5, 0.6) is 0 Å². The van der Waals surface area contributed by atoms with Gasteiger partial charge in [-0.3, -0.25) is 4.79 Å². The van der Waals surface area contributed by atoms with Crippen LogP contribution in [0.3, 0.4) is 0 Å². The fourth-order valence-corrected chi connectivity index (χ4v) is 1.16. The van der Waals surface area contributed by atoms with Crippen LogP contribution in [0.15, 0.2) is 4.99 Å². The summed E-state index contributed by atoms with van der Waals surface area (Å²) in [5, 5.41) is 8.69. The molecule has 1 N–H and O–H groups in total. The zero-order valence-electron chi connectivity index (χ0n) is 6.69. The van der Waals surface area contributed by atoms with E-state index in [0.29, 0.717) is 12.3 Å². The van der Waals surface area contributed by atoms with Crippen molar-refractivity contribution in [2.45, 2.75) is 19.3 Å². The lowest BCUT2D eigenvalue weighted by Crippen LogP contribution is -2.17. The summed E-state index contributed by atoms with van der Waals surface area (Å²) in [5.41, 5.74) is 0. The van der Waals surface area contributed by atoms with Crippen molar-refractivity contribution in [1.82, 2.24) is 0 Å². The smallest absolute Gasteiger partial charge is 0.308 e. The number of aliphatic carboxylic acids is 1. The number of nitrogens with zero attached hydrogens (tertiary/aromatic N) is 1. The number of carboxylic acids is 1. The van der Waals surface area contributed by atoms with E-state index in [2.05, 4.69) is 4.99 Å². The highest BCUT2D eigenvalue weighted by atomic mass is 16.4. The Hall–Kier alpha value is -1.15. The van der Waals surface area contributed by atoms with E-state index in [1.807, 2.05) is 0 Å². The third-order valence-corrected chi connectivity index (χ3v) is 2.04. The van der Waals surface area contributed by atoms with E-state index in [1.165, 1.54) is 6.08 Å². The van der Waals surface area contributed by atoms with Gasteiger partial charge >= 0.3 is 5.97 Å². The standard InChI is InChI=1S/C8H11NO3/c10-5-9-4-7(8(11)12)3-6-1-2-6/h6-7H,1-4H2,(H,11,12). The maximum atomic E-state index is 10.6. The van der Waals surface area contributed by atoms with Crippen LogP contribution >= 0.6 is 0 Å². The summed E-state index contributed by atoms with van der Waals surface area (Å²) in [6.07, 6.45) is 4.25. The molecular formula is C8H11NO3. The molecule has 0 aromatic heterocycles. The molecule has 1 saturated carbocycles. The van der Waals surface area contributed by atoms with Gasteiger partial charge in [-0.2, -0.15) is 0 Å². The largest absolute Gasteiger partial charge is 0.481 e. The molecule has 0 saturated heterocycles. The molecule has 1 rings (SSSR count). The minimum absolute atomic E-state index is 0.0787. The lowest BCUT2D eigenvalue weighted by molar-refractivity contribution is -0.141. The summed E-state index contributed by atoms with van der Waals surface area (Å²) >= 11 is 0. The molecule has 1 unspecified atom stereocenters. The number of carbonyl (C=O) groups is 1. The average molecular weight is 169 g/mol. The Morgan fingerprint density at radius 1 is 1.67 bits per heavy atom. The predicted molar refractivity (Wildman–Crippen MR) is 41.5 cm³/mol. The van der Waals surface area contributed by atoms with Crippen molar-refractivity contribution < 1.29 is 14.7 Å². The van der Waals surface area contributed by atoms with Crippen LogP contribution < -0.4 is 0 Å². The van der Waals surface area contributed by atoms with E-state index in [4.69, 9.17) is 5.11 Å². The third kappa shape index (κ3) is 2.84. The molecule has 1 atom stereocenters. The van der Waals surface area contributed by atoms with Gasteiger partial charge in [0, 0.05) is 0 Å². The maximum Gasteiger partial charge on any atom is 0.308 e. The Kier molecular flexibility index (Phi) is 3.00. The van der Waals surface area contributed by atoms with Gasteiger partial charge in [-0.1, -0.05) is 12.8 Å². The van der Waals surface area contributed by atoms with Crippen LogP contribution in [-0.2, 0) is 9.59 Å². The number of carboxylic acid groups (broad SMARTS) is 1. The van der Waals surface area contributed by atoms with Crippen molar-refractivity contribution in [3.63, 3.8) is 0 Å². The quantitative estimate of drug-likeness (QED) is 0.489. The van der Waals surface area contributed by atoms with Crippen LogP contribution in [0.2, 0.25) is 0 Å². The second kappa shape index (κ2) is 4.02. The van der Waals surface area contributed by atoms with E-state index in [0.717, 1.165) is 12.8 Å². The summed E-state index contributed by atoms with van der Waals surface area (Å²) in [7, 11) is 0. The van der Waals surface area contributed by atoms with Gasteiger partial charge in [-0.15, -0.1) is 0 Å². The minimum Gasteiger partial charge on any atom is -0.481 e. The van der Waals surface area contributed by atoms with Gasteiger partial charge in [0.15, 0.2) is 0 Å². The van der Waals surface area contributed by atoms with Gasteiger partial charge in [0.2, 0.25) is 6.08 Å². The minimum atomic E-state index is -0.860. The number of hydrogen-bond acceptors (Lipinski definition) is 3. The second-order valence-corrected chi connectivity index (χ2v) is 3.15. The van der Waals surface area contributed by atoms with E-state index in [1.54, 1.807) is 0 Å². The fraction of sp³-hybridized carbons (Fsp3) is 0.750. The fourth-order valence-electron chi connectivity index (χ4n) is 1.16. The number of hydrogen-bond donors (Lipinski definition) is 1. The molecule has 1 fully saturated rings. The van der Waals surface area contributed by atoms with Crippen LogP contribution in [-0.4, -0.2) is 23.7 Å². The summed E-state index contributed by atoms with van der Waals surface area (Å²) in [4.78, 5) is 23.6. The van der Waals surface area contributed by atoms with Crippen molar-refractivity contribution >= 4 is 12.0 Å². The summed E-state index contributed by atoms with van der Waals surface area (Å²) < 4.78 is 0. The predicted octanol–water partition coefficient (Wildman–Crippen LogP) is 0.823. The van der Waals surface area contributed by atoms with Gasteiger partial charge in [-0.25, -0.2) is 9.79 Å². The highest BCUT2D eigenvalue weighted by Gasteiger charge is 2.28. The highest BCUT2D eigenvalue weighted by Crippen LogP contribution is 2.35. The number of carbonyl (C=O) groups excluding carboxylic acids is 1. The first-order chi connectivity index (χ1) is 5.74. The molecule has 0 radical (unpaired) electrons. The topological polar surface area (TPSA) is 66.7 Å². The molecule has 0 spiro atoms.